The summed E-state index contributed by atoms with van der Waals surface area (Å²) in [6.45, 7) is 0. The number of aromatic nitrogens is 4. The van der Waals surface area contributed by atoms with E-state index in [1.54, 1.807) is 25.0 Å². The lowest BCUT2D eigenvalue weighted by Gasteiger charge is -2.26. The van der Waals surface area contributed by atoms with Crippen LogP contribution in [0.15, 0.2) is 67.5 Å². The minimum atomic E-state index is -1.79. The molecule has 6 nitrogen and oxygen atoms in total. The van der Waals surface area contributed by atoms with E-state index in [9.17, 15) is 14.6 Å². The third-order valence-corrected chi connectivity index (χ3v) is 8.84. The van der Waals surface area contributed by atoms with Gasteiger partial charge in [-0.1, -0.05) is 36.4 Å². The van der Waals surface area contributed by atoms with Gasteiger partial charge in [-0.3, -0.25) is 0 Å². The molecule has 4 aliphatic rings. The summed E-state index contributed by atoms with van der Waals surface area (Å²) in [5, 5.41) is 22.3. The summed E-state index contributed by atoms with van der Waals surface area (Å²) < 4.78 is 34.9. The van der Waals surface area contributed by atoms with Crippen molar-refractivity contribution in [3.63, 3.8) is 0 Å². The molecule has 2 unspecified atom stereocenters. The number of aliphatic hydroxyl groups excluding tert-OH is 2. The van der Waals surface area contributed by atoms with Gasteiger partial charge in [0.15, 0.2) is 0 Å². The molecule has 2 saturated carbocycles. The summed E-state index contributed by atoms with van der Waals surface area (Å²) in [4.78, 5) is 8.45. The largest absolute Gasteiger partial charge is 0.387 e. The highest BCUT2D eigenvalue weighted by molar-refractivity contribution is 5.72. The maximum Gasteiger partial charge on any atom is 0.146 e. The van der Waals surface area contributed by atoms with E-state index in [1.165, 1.54) is 0 Å². The van der Waals surface area contributed by atoms with Crippen molar-refractivity contribution < 1.29 is 19.0 Å². The average molecular weight is 487 g/mol. The highest BCUT2D eigenvalue weighted by Crippen LogP contribution is 2.61. The van der Waals surface area contributed by atoms with Crippen molar-refractivity contribution in [3.8, 4) is 22.5 Å². The number of benzene rings is 2. The van der Waals surface area contributed by atoms with Crippen LogP contribution in [0.5, 0.6) is 0 Å². The number of aliphatic hydroxyl groups is 2. The van der Waals surface area contributed by atoms with Crippen LogP contribution in [0.3, 0.4) is 0 Å². The van der Waals surface area contributed by atoms with Crippen LogP contribution in [0.1, 0.15) is 54.0 Å². The Morgan fingerprint density at radius 3 is 2.19 bits per heavy atom. The Kier molecular flexibility index (Phi) is 3.86. The van der Waals surface area contributed by atoms with E-state index >= 15 is 4.39 Å². The summed E-state index contributed by atoms with van der Waals surface area (Å²) in [6, 6.07) is 12.3. The van der Waals surface area contributed by atoms with Crippen LogP contribution >= 0.6 is 0 Å². The highest BCUT2D eigenvalue weighted by Gasteiger charge is 2.64. The monoisotopic (exact) mass is 486 g/mol. The fourth-order valence-electron chi connectivity index (χ4n) is 6.61. The molecule has 6 atom stereocenters. The molecule has 182 valence electrons. The van der Waals surface area contributed by atoms with Gasteiger partial charge in [0.25, 0.3) is 0 Å². The second-order valence-electron chi connectivity index (χ2n) is 10.8. The van der Waals surface area contributed by atoms with Crippen molar-refractivity contribution in [2.24, 2.45) is 0 Å². The quantitative estimate of drug-likeness (QED) is 0.440. The molecular weight excluding hydrogens is 462 g/mol. The molecule has 0 saturated heterocycles. The average Bonchev–Trinajstić information content (AvgIpc) is 3.47. The fraction of sp³-hybridized carbons (Fsp3) is 0.357. The standard InChI is InChI=1S/C28H24F2N4O2/c29-27(7-8-27)25(35)23-18-6-5-15(9-19(18)22-12-32-14-34(22)23)20-10-28(20,30)26(36)24-17-4-2-1-3-16(17)21-11-31-13-33(21)24/h1-6,9,11-14,20,23-26,35-36H,7-8,10H2/t20?,23-,24+,25+,26-,28?/m0/s1. The molecule has 8 heteroatoms. The lowest BCUT2D eigenvalue weighted by Crippen LogP contribution is -2.34. The summed E-state index contributed by atoms with van der Waals surface area (Å²) in [5.74, 6) is -0.464. The lowest BCUT2D eigenvalue weighted by molar-refractivity contribution is 0.0293. The lowest BCUT2D eigenvalue weighted by atomic mass is 9.91. The predicted octanol–water partition coefficient (Wildman–Crippen LogP) is 4.34. The topological polar surface area (TPSA) is 76.1 Å². The van der Waals surface area contributed by atoms with Crippen LogP contribution in [0.2, 0.25) is 0 Å². The van der Waals surface area contributed by atoms with Gasteiger partial charge in [0.2, 0.25) is 0 Å². The Morgan fingerprint density at radius 2 is 1.47 bits per heavy atom. The number of alkyl halides is 2. The fourth-order valence-corrected chi connectivity index (χ4v) is 6.61. The van der Waals surface area contributed by atoms with E-state index in [4.69, 9.17) is 0 Å². The zero-order valence-electron chi connectivity index (χ0n) is 19.3. The predicted molar refractivity (Wildman–Crippen MR) is 128 cm³/mol. The molecular formula is C28H24F2N4O2. The molecule has 0 spiro atoms. The smallest absolute Gasteiger partial charge is 0.146 e. The van der Waals surface area contributed by atoms with E-state index in [2.05, 4.69) is 9.97 Å². The minimum absolute atomic E-state index is 0.217. The molecule has 2 aliphatic heterocycles. The maximum atomic E-state index is 16.4. The molecule has 0 radical (unpaired) electrons. The second-order valence-corrected chi connectivity index (χ2v) is 10.8. The van der Waals surface area contributed by atoms with Crippen molar-refractivity contribution in [1.82, 2.24) is 19.1 Å². The van der Waals surface area contributed by atoms with Gasteiger partial charge in [-0.25, -0.2) is 18.7 Å². The van der Waals surface area contributed by atoms with Crippen LogP contribution in [0, 0.1) is 0 Å². The van der Waals surface area contributed by atoms with E-state index < -0.39 is 41.5 Å². The van der Waals surface area contributed by atoms with Gasteiger partial charge in [0, 0.05) is 17.0 Å². The van der Waals surface area contributed by atoms with Gasteiger partial charge in [-0.15, -0.1) is 0 Å². The first kappa shape index (κ1) is 20.8. The van der Waals surface area contributed by atoms with Crippen molar-refractivity contribution in [2.75, 3.05) is 0 Å². The third-order valence-electron chi connectivity index (χ3n) is 8.84. The van der Waals surface area contributed by atoms with E-state index in [0.29, 0.717) is 12.8 Å². The molecule has 8 rings (SSSR count). The summed E-state index contributed by atoms with van der Waals surface area (Å²) in [5.41, 5.74) is 2.65. The minimum Gasteiger partial charge on any atom is -0.387 e. The summed E-state index contributed by atoms with van der Waals surface area (Å²) in [7, 11) is 0. The second kappa shape index (κ2) is 6.69. The van der Waals surface area contributed by atoms with Crippen LogP contribution in [-0.2, 0) is 0 Å². The SMILES string of the molecule is O[C@H]([C@@H]1c2ccc(C3CC3(F)[C@@H](O)[C@H]3c4ccccc4-c4cncn43)cc2-c2cncn21)C1(F)CC1. The first-order chi connectivity index (χ1) is 17.4. The Morgan fingerprint density at radius 1 is 0.833 bits per heavy atom. The first-order valence-corrected chi connectivity index (χ1v) is 12.4. The molecule has 36 heavy (non-hydrogen) atoms. The molecule has 0 bridgehead atoms. The van der Waals surface area contributed by atoms with Crippen molar-refractivity contribution in [3.05, 3.63) is 84.2 Å². The van der Waals surface area contributed by atoms with Gasteiger partial charge in [0.05, 0.1) is 48.5 Å². The van der Waals surface area contributed by atoms with Crippen LogP contribution < -0.4 is 0 Å². The first-order valence-electron chi connectivity index (χ1n) is 12.4. The maximum absolute atomic E-state index is 16.4. The van der Waals surface area contributed by atoms with Crippen LogP contribution in [0.4, 0.5) is 8.78 Å². The number of hydrogen-bond donors (Lipinski definition) is 2. The van der Waals surface area contributed by atoms with Crippen molar-refractivity contribution >= 4 is 0 Å². The van der Waals surface area contributed by atoms with Gasteiger partial charge >= 0.3 is 0 Å². The summed E-state index contributed by atoms with van der Waals surface area (Å²) in [6.07, 6.45) is 5.26. The van der Waals surface area contributed by atoms with Gasteiger partial charge in [-0.2, -0.15) is 0 Å². The molecule has 2 N–H and O–H groups in total. The number of rotatable bonds is 5. The van der Waals surface area contributed by atoms with E-state index in [0.717, 1.165) is 39.2 Å². The molecule has 0 amide bonds. The Hall–Kier alpha value is -3.36. The van der Waals surface area contributed by atoms with Gasteiger partial charge < -0.3 is 19.3 Å². The Balaban J connectivity index is 1.14. The molecule has 4 heterocycles. The molecule has 2 aliphatic carbocycles. The number of nitrogens with zero attached hydrogens (tertiary/aromatic N) is 4. The van der Waals surface area contributed by atoms with Crippen molar-refractivity contribution in [2.45, 2.75) is 60.8 Å². The van der Waals surface area contributed by atoms with E-state index in [1.807, 2.05) is 51.6 Å². The molecule has 4 aromatic rings. The van der Waals surface area contributed by atoms with Gasteiger partial charge in [0.1, 0.15) is 23.5 Å². The molecule has 2 aromatic heterocycles. The van der Waals surface area contributed by atoms with E-state index in [-0.39, 0.29) is 6.42 Å². The Labute approximate surface area is 205 Å². The zero-order valence-corrected chi connectivity index (χ0v) is 19.3. The number of fused-ring (bicyclic) bond motifs is 6. The Bertz CT molecular complexity index is 1540. The molecule has 2 fully saturated rings. The number of hydrogen-bond acceptors (Lipinski definition) is 4. The normalized spacial score (nSPS) is 29.7. The van der Waals surface area contributed by atoms with Crippen LogP contribution in [0.25, 0.3) is 22.5 Å². The highest BCUT2D eigenvalue weighted by atomic mass is 19.1. The van der Waals surface area contributed by atoms with Gasteiger partial charge in [-0.05, 0) is 42.0 Å². The number of imidazole rings is 2. The third kappa shape index (κ3) is 2.56. The zero-order chi connectivity index (χ0) is 24.4. The van der Waals surface area contributed by atoms with Crippen molar-refractivity contribution in [1.29, 1.82) is 0 Å². The summed E-state index contributed by atoms with van der Waals surface area (Å²) >= 11 is 0. The molecule has 2 aromatic carbocycles. The number of halogens is 2. The van der Waals surface area contributed by atoms with Crippen LogP contribution in [-0.4, -0.2) is 52.9 Å².